The number of carbonyl (C=O) groups is 1. The highest BCUT2D eigenvalue weighted by atomic mass is 79.9. The second-order valence-electron chi connectivity index (χ2n) is 6.82. The van der Waals surface area contributed by atoms with E-state index in [1.165, 1.54) is 0 Å². The largest absolute Gasteiger partial charge is 0.444 e. The summed E-state index contributed by atoms with van der Waals surface area (Å²) in [6, 6.07) is 5.86. The van der Waals surface area contributed by atoms with Gasteiger partial charge in [0.25, 0.3) is 0 Å². The van der Waals surface area contributed by atoms with Crippen molar-refractivity contribution in [1.29, 1.82) is 0 Å². The average molecular weight is 393 g/mol. The predicted molar refractivity (Wildman–Crippen MR) is 97.3 cm³/mol. The molecule has 0 saturated carbocycles. The fraction of sp³-hybridized carbons (Fsp3) is 0.471. The first-order valence-electron chi connectivity index (χ1n) is 7.97. The van der Waals surface area contributed by atoms with Crippen molar-refractivity contribution >= 4 is 38.9 Å². The van der Waals surface area contributed by atoms with Gasteiger partial charge in [0.1, 0.15) is 11.4 Å². The minimum atomic E-state index is -0.467. The normalized spacial score (nSPS) is 15.7. The number of benzene rings is 1. The number of anilines is 1. The molecule has 0 spiro atoms. The van der Waals surface area contributed by atoms with Crippen LogP contribution in [0.25, 0.3) is 11.0 Å². The Kier molecular flexibility index (Phi) is 4.62. The van der Waals surface area contributed by atoms with Crippen molar-refractivity contribution in [3.63, 3.8) is 0 Å². The van der Waals surface area contributed by atoms with Crippen LogP contribution in [0.15, 0.2) is 28.9 Å². The Balaban J connectivity index is 1.67. The number of halogens is 1. The molecule has 1 aromatic carbocycles. The van der Waals surface area contributed by atoms with Crippen molar-refractivity contribution in [3.05, 3.63) is 28.9 Å². The van der Waals surface area contributed by atoms with Gasteiger partial charge in [-0.15, -0.1) is 0 Å². The van der Waals surface area contributed by atoms with Gasteiger partial charge in [0, 0.05) is 30.7 Å². The van der Waals surface area contributed by atoms with E-state index in [0.29, 0.717) is 26.2 Å². The van der Waals surface area contributed by atoms with Gasteiger partial charge in [0.2, 0.25) is 0 Å². The number of carbonyl (C=O) groups excluding carboxylic acids is 1. The lowest BCUT2D eigenvalue weighted by atomic mass is 10.2. The number of hydrogen-bond acceptors (Lipinski definition) is 5. The number of hydrogen-bond donors (Lipinski definition) is 0. The molecular formula is C17H21BrN4O2. The Bertz CT molecular complexity index is 752. The predicted octanol–water partition coefficient (Wildman–Crippen LogP) is 3.45. The van der Waals surface area contributed by atoms with Gasteiger partial charge >= 0.3 is 6.09 Å². The molecule has 0 atom stereocenters. The summed E-state index contributed by atoms with van der Waals surface area (Å²) in [6.07, 6.45) is 1.54. The van der Waals surface area contributed by atoms with Crippen molar-refractivity contribution < 1.29 is 9.53 Å². The molecule has 7 heteroatoms. The van der Waals surface area contributed by atoms with Crippen molar-refractivity contribution in [1.82, 2.24) is 14.9 Å². The zero-order valence-corrected chi connectivity index (χ0v) is 15.7. The maximum atomic E-state index is 12.1. The Morgan fingerprint density at radius 1 is 1.17 bits per heavy atom. The summed E-state index contributed by atoms with van der Waals surface area (Å²) in [5.41, 5.74) is 1.26. The van der Waals surface area contributed by atoms with E-state index in [1.807, 2.05) is 39.0 Å². The van der Waals surface area contributed by atoms with Crippen molar-refractivity contribution in [2.45, 2.75) is 26.4 Å². The second-order valence-corrected chi connectivity index (χ2v) is 7.73. The lowest BCUT2D eigenvalue weighted by Crippen LogP contribution is -2.50. The summed E-state index contributed by atoms with van der Waals surface area (Å²) in [7, 11) is 0. The van der Waals surface area contributed by atoms with Gasteiger partial charge in [0.15, 0.2) is 0 Å². The number of nitrogens with zero attached hydrogens (tertiary/aromatic N) is 4. The standard InChI is InChI=1S/C17H21BrN4O2/c1-17(2,3)24-16(23)22-8-6-21(7-9-22)15-11-19-13-5-4-12(18)10-14(13)20-15/h4-5,10-11H,6-9H2,1-3H3. The molecule has 0 unspecified atom stereocenters. The fourth-order valence-corrected chi connectivity index (χ4v) is 2.92. The number of aromatic nitrogens is 2. The average Bonchev–Trinajstić information content (AvgIpc) is 2.52. The van der Waals surface area contributed by atoms with Gasteiger partial charge in [-0.1, -0.05) is 15.9 Å². The molecule has 0 aliphatic carbocycles. The first-order chi connectivity index (χ1) is 11.3. The molecule has 1 amide bonds. The molecule has 2 heterocycles. The maximum Gasteiger partial charge on any atom is 0.410 e. The van der Waals surface area contributed by atoms with Crippen LogP contribution in [0.2, 0.25) is 0 Å². The van der Waals surface area contributed by atoms with Crippen LogP contribution in [0, 0.1) is 0 Å². The van der Waals surface area contributed by atoms with E-state index in [0.717, 1.165) is 21.3 Å². The highest BCUT2D eigenvalue weighted by Crippen LogP contribution is 2.21. The molecule has 6 nitrogen and oxygen atoms in total. The number of ether oxygens (including phenoxy) is 1. The van der Waals surface area contributed by atoms with Gasteiger partial charge in [-0.25, -0.2) is 9.78 Å². The number of rotatable bonds is 1. The van der Waals surface area contributed by atoms with Crippen molar-refractivity contribution in [2.75, 3.05) is 31.1 Å². The Labute approximate surface area is 149 Å². The molecule has 1 fully saturated rings. The first-order valence-corrected chi connectivity index (χ1v) is 8.76. The minimum Gasteiger partial charge on any atom is -0.444 e. The molecule has 1 aliphatic heterocycles. The van der Waals surface area contributed by atoms with Crippen LogP contribution in [-0.2, 0) is 4.74 Å². The first kappa shape index (κ1) is 17.0. The van der Waals surface area contributed by atoms with Gasteiger partial charge in [-0.05, 0) is 39.0 Å². The molecule has 1 saturated heterocycles. The Hall–Kier alpha value is -1.89. The topological polar surface area (TPSA) is 58.6 Å². The van der Waals surface area contributed by atoms with Crippen LogP contribution in [0.5, 0.6) is 0 Å². The number of fused-ring (bicyclic) bond motifs is 1. The van der Waals surface area contributed by atoms with Crippen LogP contribution in [0.3, 0.4) is 0 Å². The quantitative estimate of drug-likeness (QED) is 0.743. The van der Waals surface area contributed by atoms with E-state index in [9.17, 15) is 4.79 Å². The van der Waals surface area contributed by atoms with Gasteiger partial charge in [0.05, 0.1) is 17.2 Å². The van der Waals surface area contributed by atoms with E-state index >= 15 is 0 Å². The summed E-state index contributed by atoms with van der Waals surface area (Å²) in [6.45, 7) is 8.30. The summed E-state index contributed by atoms with van der Waals surface area (Å²) in [4.78, 5) is 25.2. The van der Waals surface area contributed by atoms with Gasteiger partial charge in [-0.3, -0.25) is 4.98 Å². The summed E-state index contributed by atoms with van der Waals surface area (Å²) in [5.74, 6) is 0.837. The maximum absolute atomic E-state index is 12.1. The third-order valence-corrected chi connectivity index (χ3v) is 4.24. The molecule has 1 aromatic heterocycles. The lowest BCUT2D eigenvalue weighted by Gasteiger charge is -2.36. The molecule has 0 bridgehead atoms. The fourth-order valence-electron chi connectivity index (χ4n) is 2.57. The highest BCUT2D eigenvalue weighted by Gasteiger charge is 2.26. The lowest BCUT2D eigenvalue weighted by molar-refractivity contribution is 0.0240. The number of amides is 1. The molecule has 1 aliphatic rings. The molecule has 3 rings (SSSR count). The van der Waals surface area contributed by atoms with E-state index < -0.39 is 5.60 Å². The Morgan fingerprint density at radius 3 is 2.54 bits per heavy atom. The van der Waals surface area contributed by atoms with Crippen LogP contribution in [0.1, 0.15) is 20.8 Å². The highest BCUT2D eigenvalue weighted by molar-refractivity contribution is 9.10. The second kappa shape index (κ2) is 6.55. The van der Waals surface area contributed by atoms with E-state index in [1.54, 1.807) is 11.1 Å². The van der Waals surface area contributed by atoms with Crippen molar-refractivity contribution in [3.8, 4) is 0 Å². The van der Waals surface area contributed by atoms with E-state index in [2.05, 4.69) is 30.8 Å². The molecular weight excluding hydrogens is 372 g/mol. The molecule has 0 N–H and O–H groups in total. The minimum absolute atomic E-state index is 0.254. The van der Waals surface area contributed by atoms with Crippen LogP contribution < -0.4 is 4.90 Å². The van der Waals surface area contributed by atoms with E-state index in [-0.39, 0.29) is 6.09 Å². The summed E-state index contributed by atoms with van der Waals surface area (Å²) in [5, 5.41) is 0. The van der Waals surface area contributed by atoms with Crippen molar-refractivity contribution in [2.24, 2.45) is 0 Å². The van der Waals surface area contributed by atoms with Gasteiger partial charge < -0.3 is 14.5 Å². The monoisotopic (exact) mass is 392 g/mol. The molecule has 24 heavy (non-hydrogen) atoms. The third-order valence-electron chi connectivity index (χ3n) is 3.75. The van der Waals surface area contributed by atoms with Gasteiger partial charge in [-0.2, -0.15) is 0 Å². The third kappa shape index (κ3) is 3.95. The molecule has 0 radical (unpaired) electrons. The zero-order valence-electron chi connectivity index (χ0n) is 14.1. The van der Waals surface area contributed by atoms with Crippen LogP contribution in [-0.4, -0.2) is 52.7 Å². The van der Waals surface area contributed by atoms with Crippen LogP contribution in [0.4, 0.5) is 10.6 Å². The smallest absolute Gasteiger partial charge is 0.410 e. The zero-order chi connectivity index (χ0) is 17.3. The Morgan fingerprint density at radius 2 is 1.88 bits per heavy atom. The molecule has 128 valence electrons. The SMILES string of the molecule is CC(C)(C)OC(=O)N1CCN(c2cnc3ccc(Br)cc3n2)CC1. The molecule has 2 aromatic rings. The summed E-state index contributed by atoms with van der Waals surface area (Å²) < 4.78 is 6.41. The van der Waals surface area contributed by atoms with E-state index in [4.69, 9.17) is 4.74 Å². The van der Waals surface area contributed by atoms with Crippen LogP contribution >= 0.6 is 15.9 Å². The summed E-state index contributed by atoms with van der Waals surface area (Å²) >= 11 is 3.46. The number of piperazine rings is 1.